The zero-order chi connectivity index (χ0) is 13.8. The molecular weight excluding hydrogens is 248 g/mol. The molecule has 0 saturated carbocycles. The van der Waals surface area contributed by atoms with Crippen LogP contribution in [0.4, 0.5) is 0 Å². The predicted molar refractivity (Wildman–Crippen MR) is 79.3 cm³/mol. The summed E-state index contributed by atoms with van der Waals surface area (Å²) < 4.78 is 0. The molecule has 2 heterocycles. The zero-order valence-electron chi connectivity index (χ0n) is 11.3. The molecule has 0 radical (unpaired) electrons. The van der Waals surface area contributed by atoms with Crippen molar-refractivity contribution >= 4 is 10.8 Å². The van der Waals surface area contributed by atoms with E-state index in [0.717, 1.165) is 17.6 Å². The minimum absolute atomic E-state index is 0.0415. The van der Waals surface area contributed by atoms with Crippen molar-refractivity contribution in [3.05, 3.63) is 66.5 Å². The molecule has 0 aliphatic carbocycles. The Kier molecular flexibility index (Phi) is 3.65. The van der Waals surface area contributed by atoms with E-state index >= 15 is 0 Å². The minimum Gasteiger partial charge on any atom is -0.305 e. The molecule has 2 aromatic heterocycles. The molecule has 20 heavy (non-hydrogen) atoms. The Labute approximate surface area is 117 Å². The van der Waals surface area contributed by atoms with Gasteiger partial charge in [0.2, 0.25) is 0 Å². The fourth-order valence-corrected chi connectivity index (χ4v) is 2.44. The molecule has 4 nitrogen and oxygen atoms in total. The molecule has 3 aromatic rings. The first kappa shape index (κ1) is 12.7. The lowest BCUT2D eigenvalue weighted by atomic mass is 9.98. The molecule has 0 bridgehead atoms. The smallest absolute Gasteiger partial charge is 0.0801 e. The summed E-state index contributed by atoms with van der Waals surface area (Å²) in [6.45, 7) is 2.96. The van der Waals surface area contributed by atoms with Crippen molar-refractivity contribution in [1.82, 2.24) is 20.3 Å². The van der Waals surface area contributed by atoms with Crippen LogP contribution in [0, 0.1) is 0 Å². The monoisotopic (exact) mass is 264 g/mol. The van der Waals surface area contributed by atoms with Crippen LogP contribution in [0.3, 0.4) is 0 Å². The van der Waals surface area contributed by atoms with Crippen LogP contribution in [0.15, 0.2) is 55.2 Å². The molecule has 1 atom stereocenters. The number of hydrogen-bond donors (Lipinski definition) is 1. The quantitative estimate of drug-likeness (QED) is 0.787. The summed E-state index contributed by atoms with van der Waals surface area (Å²) in [6.07, 6.45) is 8.95. The summed E-state index contributed by atoms with van der Waals surface area (Å²) in [7, 11) is 0. The van der Waals surface area contributed by atoms with Crippen molar-refractivity contribution < 1.29 is 0 Å². The SMILES string of the molecule is CCNC(c1cnccn1)c1cccc2cnccc12. The van der Waals surface area contributed by atoms with Gasteiger partial charge in [0.15, 0.2) is 0 Å². The summed E-state index contributed by atoms with van der Waals surface area (Å²) in [5, 5.41) is 5.81. The van der Waals surface area contributed by atoms with Crippen molar-refractivity contribution in [2.24, 2.45) is 0 Å². The van der Waals surface area contributed by atoms with Crippen LogP contribution in [0.25, 0.3) is 10.8 Å². The van der Waals surface area contributed by atoms with Crippen LogP contribution in [0.1, 0.15) is 24.2 Å². The third-order valence-corrected chi connectivity index (χ3v) is 3.31. The fraction of sp³-hybridized carbons (Fsp3) is 0.188. The Morgan fingerprint density at radius 3 is 2.75 bits per heavy atom. The second kappa shape index (κ2) is 5.75. The zero-order valence-corrected chi connectivity index (χ0v) is 11.3. The van der Waals surface area contributed by atoms with Gasteiger partial charge < -0.3 is 5.32 Å². The molecule has 0 amide bonds. The van der Waals surface area contributed by atoms with Crippen molar-refractivity contribution in [3.8, 4) is 0 Å². The topological polar surface area (TPSA) is 50.7 Å². The number of aromatic nitrogens is 3. The molecule has 1 aromatic carbocycles. The largest absolute Gasteiger partial charge is 0.305 e. The highest BCUT2D eigenvalue weighted by Crippen LogP contribution is 2.27. The lowest BCUT2D eigenvalue weighted by molar-refractivity contribution is 0.616. The van der Waals surface area contributed by atoms with Crippen molar-refractivity contribution in [3.63, 3.8) is 0 Å². The van der Waals surface area contributed by atoms with Crippen molar-refractivity contribution in [2.75, 3.05) is 6.54 Å². The van der Waals surface area contributed by atoms with E-state index in [1.165, 1.54) is 10.9 Å². The van der Waals surface area contributed by atoms with Crippen LogP contribution in [0.2, 0.25) is 0 Å². The number of fused-ring (bicyclic) bond motifs is 1. The van der Waals surface area contributed by atoms with Crippen LogP contribution in [-0.4, -0.2) is 21.5 Å². The molecule has 100 valence electrons. The van der Waals surface area contributed by atoms with E-state index in [-0.39, 0.29) is 6.04 Å². The predicted octanol–water partition coefficient (Wildman–Crippen LogP) is 2.72. The van der Waals surface area contributed by atoms with Crippen LogP contribution in [0.5, 0.6) is 0 Å². The van der Waals surface area contributed by atoms with Gasteiger partial charge in [-0.2, -0.15) is 0 Å². The number of pyridine rings is 1. The summed E-state index contributed by atoms with van der Waals surface area (Å²) in [5.41, 5.74) is 2.13. The Hall–Kier alpha value is -2.33. The number of benzene rings is 1. The van der Waals surface area contributed by atoms with Crippen LogP contribution < -0.4 is 5.32 Å². The third kappa shape index (κ3) is 2.38. The average Bonchev–Trinajstić information content (AvgIpc) is 2.53. The second-order valence-electron chi connectivity index (χ2n) is 4.57. The van der Waals surface area contributed by atoms with Crippen LogP contribution >= 0.6 is 0 Å². The van der Waals surface area contributed by atoms with Gasteiger partial charge in [-0.3, -0.25) is 15.0 Å². The summed E-state index contributed by atoms with van der Waals surface area (Å²) in [6, 6.07) is 8.35. The van der Waals surface area contributed by atoms with Gasteiger partial charge in [0.25, 0.3) is 0 Å². The fourth-order valence-electron chi connectivity index (χ4n) is 2.44. The summed E-state index contributed by atoms with van der Waals surface area (Å²) in [4.78, 5) is 12.8. The lowest BCUT2D eigenvalue weighted by Gasteiger charge is -2.19. The van der Waals surface area contributed by atoms with E-state index in [0.29, 0.717) is 0 Å². The Bertz CT molecular complexity index is 692. The number of nitrogens with one attached hydrogen (secondary N) is 1. The third-order valence-electron chi connectivity index (χ3n) is 3.31. The first-order valence-corrected chi connectivity index (χ1v) is 6.72. The van der Waals surface area contributed by atoms with E-state index in [1.807, 2.05) is 24.7 Å². The highest BCUT2D eigenvalue weighted by molar-refractivity contribution is 5.85. The maximum absolute atomic E-state index is 4.44. The number of hydrogen-bond acceptors (Lipinski definition) is 4. The van der Waals surface area contributed by atoms with E-state index in [4.69, 9.17) is 0 Å². The van der Waals surface area contributed by atoms with Gasteiger partial charge in [0, 0.05) is 30.2 Å². The molecular formula is C16H16N4. The first-order chi connectivity index (χ1) is 9.90. The Morgan fingerprint density at radius 1 is 1.05 bits per heavy atom. The highest BCUT2D eigenvalue weighted by Gasteiger charge is 2.16. The molecule has 0 aliphatic heterocycles. The van der Waals surface area contributed by atoms with Gasteiger partial charge in [-0.1, -0.05) is 25.1 Å². The first-order valence-electron chi connectivity index (χ1n) is 6.72. The number of rotatable bonds is 4. The second-order valence-corrected chi connectivity index (χ2v) is 4.57. The minimum atomic E-state index is 0.0415. The van der Waals surface area contributed by atoms with E-state index in [2.05, 4.69) is 45.4 Å². The Morgan fingerprint density at radius 2 is 1.95 bits per heavy atom. The van der Waals surface area contributed by atoms with Gasteiger partial charge in [-0.25, -0.2) is 0 Å². The maximum Gasteiger partial charge on any atom is 0.0801 e. The molecule has 0 spiro atoms. The lowest BCUT2D eigenvalue weighted by Crippen LogP contribution is -2.23. The summed E-state index contributed by atoms with van der Waals surface area (Å²) >= 11 is 0. The van der Waals surface area contributed by atoms with E-state index in [1.54, 1.807) is 12.4 Å². The van der Waals surface area contributed by atoms with Gasteiger partial charge in [-0.15, -0.1) is 0 Å². The normalized spacial score (nSPS) is 12.4. The standard InChI is InChI=1S/C16H16N4/c1-2-19-16(15-11-18-8-9-20-15)14-5-3-4-12-10-17-7-6-13(12)14/h3-11,16,19H,2H2,1H3. The van der Waals surface area contributed by atoms with Gasteiger partial charge in [0.1, 0.15) is 0 Å². The van der Waals surface area contributed by atoms with Gasteiger partial charge in [0.05, 0.1) is 17.9 Å². The molecule has 1 unspecified atom stereocenters. The average molecular weight is 264 g/mol. The van der Waals surface area contributed by atoms with E-state index < -0.39 is 0 Å². The molecule has 0 saturated heterocycles. The molecule has 0 fully saturated rings. The van der Waals surface area contributed by atoms with Crippen molar-refractivity contribution in [2.45, 2.75) is 13.0 Å². The maximum atomic E-state index is 4.44. The molecule has 1 N–H and O–H groups in total. The summed E-state index contributed by atoms with van der Waals surface area (Å²) in [5.74, 6) is 0. The van der Waals surface area contributed by atoms with Gasteiger partial charge in [-0.05, 0) is 23.6 Å². The molecule has 0 aliphatic rings. The number of nitrogens with zero attached hydrogens (tertiary/aromatic N) is 3. The highest BCUT2D eigenvalue weighted by atomic mass is 14.9. The van der Waals surface area contributed by atoms with E-state index in [9.17, 15) is 0 Å². The molecule has 3 rings (SSSR count). The van der Waals surface area contributed by atoms with Crippen molar-refractivity contribution in [1.29, 1.82) is 0 Å². The molecule has 4 heteroatoms. The Balaban J connectivity index is 2.15. The van der Waals surface area contributed by atoms with Gasteiger partial charge >= 0.3 is 0 Å². The van der Waals surface area contributed by atoms with Crippen LogP contribution in [-0.2, 0) is 0 Å².